The Kier molecular flexibility index (Phi) is 7.40. The molecular weight excluding hydrogens is 480 g/mol. The third-order valence-corrected chi connectivity index (χ3v) is 8.31. The Morgan fingerprint density at radius 1 is 0.821 bits per heavy atom. The summed E-state index contributed by atoms with van der Waals surface area (Å²) in [4.78, 5) is 4.98. The minimum absolute atomic E-state index is 0.293. The lowest BCUT2D eigenvalue weighted by Crippen LogP contribution is -2.50. The second-order valence-corrected chi connectivity index (χ2v) is 11.2. The molecular formula is C35H38N2O2. The van der Waals surface area contributed by atoms with Crippen molar-refractivity contribution in [1.29, 1.82) is 0 Å². The van der Waals surface area contributed by atoms with Crippen LogP contribution in [-0.2, 0) is 6.54 Å². The first kappa shape index (κ1) is 25.7. The standard InChI is InChI=1S/C35H38N2O2/c1-25-18-29(14-17-34(25)38-3)33-23-36(2)22-30-19-31(15-16-32(30)33)39-24-26-20-37(21-26)35(27-10-6-4-7-11-27)28-12-8-5-9-13-28/h4-19,26,33,35H,20-24H2,1-3H3. The van der Waals surface area contributed by atoms with E-state index in [9.17, 15) is 0 Å². The van der Waals surface area contributed by atoms with Gasteiger partial charge in [-0.15, -0.1) is 0 Å². The Hall–Kier alpha value is -3.60. The van der Waals surface area contributed by atoms with Crippen molar-refractivity contribution in [3.63, 3.8) is 0 Å². The van der Waals surface area contributed by atoms with Gasteiger partial charge in [0.15, 0.2) is 0 Å². The molecule has 0 N–H and O–H groups in total. The van der Waals surface area contributed by atoms with Crippen LogP contribution in [-0.4, -0.2) is 50.2 Å². The van der Waals surface area contributed by atoms with Crippen molar-refractivity contribution in [1.82, 2.24) is 9.80 Å². The predicted molar refractivity (Wildman–Crippen MR) is 158 cm³/mol. The number of likely N-dealkylation sites (N-methyl/N-ethyl adjacent to an activating group) is 1. The maximum atomic E-state index is 6.38. The van der Waals surface area contributed by atoms with Crippen LogP contribution in [0.2, 0.25) is 0 Å². The van der Waals surface area contributed by atoms with Crippen LogP contribution in [0.1, 0.15) is 45.3 Å². The van der Waals surface area contributed by atoms with Gasteiger partial charge in [-0.2, -0.15) is 0 Å². The molecule has 4 nitrogen and oxygen atoms in total. The van der Waals surface area contributed by atoms with Gasteiger partial charge in [0.05, 0.1) is 19.8 Å². The summed E-state index contributed by atoms with van der Waals surface area (Å²) < 4.78 is 11.9. The van der Waals surface area contributed by atoms with Gasteiger partial charge in [-0.05, 0) is 65.6 Å². The minimum Gasteiger partial charge on any atom is -0.496 e. The molecule has 6 rings (SSSR count). The molecule has 1 unspecified atom stereocenters. The average molecular weight is 519 g/mol. The van der Waals surface area contributed by atoms with Crippen molar-refractivity contribution in [3.05, 3.63) is 130 Å². The Balaban J connectivity index is 1.12. The number of nitrogens with zero attached hydrogens (tertiary/aromatic N) is 2. The Bertz CT molecular complexity index is 1360. The van der Waals surface area contributed by atoms with Crippen molar-refractivity contribution in [2.45, 2.75) is 25.4 Å². The van der Waals surface area contributed by atoms with Gasteiger partial charge < -0.3 is 14.4 Å². The average Bonchev–Trinajstić information content (AvgIpc) is 2.94. The number of ether oxygens (including phenoxy) is 2. The Morgan fingerprint density at radius 3 is 2.15 bits per heavy atom. The predicted octanol–water partition coefficient (Wildman–Crippen LogP) is 6.68. The van der Waals surface area contributed by atoms with Crippen molar-refractivity contribution in [3.8, 4) is 11.5 Å². The topological polar surface area (TPSA) is 24.9 Å². The van der Waals surface area contributed by atoms with Crippen LogP contribution in [0, 0.1) is 12.8 Å². The third kappa shape index (κ3) is 5.45. The van der Waals surface area contributed by atoms with E-state index in [0.29, 0.717) is 17.9 Å². The zero-order chi connectivity index (χ0) is 26.8. The fourth-order valence-corrected chi connectivity index (χ4v) is 6.34. The first-order valence-corrected chi connectivity index (χ1v) is 14.0. The zero-order valence-corrected chi connectivity index (χ0v) is 23.2. The largest absolute Gasteiger partial charge is 0.496 e. The quantitative estimate of drug-likeness (QED) is 0.260. The first-order chi connectivity index (χ1) is 19.1. The summed E-state index contributed by atoms with van der Waals surface area (Å²) in [5.74, 6) is 2.81. The van der Waals surface area contributed by atoms with E-state index < -0.39 is 0 Å². The number of methoxy groups -OCH3 is 1. The van der Waals surface area contributed by atoms with Crippen molar-refractivity contribution < 1.29 is 9.47 Å². The second-order valence-electron chi connectivity index (χ2n) is 11.2. The molecule has 0 aromatic heterocycles. The summed E-state index contributed by atoms with van der Waals surface area (Å²) in [6.45, 7) is 6.92. The summed E-state index contributed by atoms with van der Waals surface area (Å²) in [5.41, 5.74) is 8.00. The van der Waals surface area contributed by atoms with E-state index in [2.05, 4.69) is 121 Å². The van der Waals surface area contributed by atoms with Crippen molar-refractivity contribution in [2.24, 2.45) is 5.92 Å². The van der Waals surface area contributed by atoms with Gasteiger partial charge in [0, 0.05) is 38.0 Å². The highest BCUT2D eigenvalue weighted by atomic mass is 16.5. The number of aryl methyl sites for hydroxylation is 1. The monoisotopic (exact) mass is 518 g/mol. The van der Waals surface area contributed by atoms with Gasteiger partial charge in [0.25, 0.3) is 0 Å². The number of fused-ring (bicyclic) bond motifs is 1. The fraction of sp³-hybridized carbons (Fsp3) is 0.314. The highest BCUT2D eigenvalue weighted by Crippen LogP contribution is 2.37. The van der Waals surface area contributed by atoms with Crippen LogP contribution in [0.4, 0.5) is 0 Å². The third-order valence-electron chi connectivity index (χ3n) is 8.31. The molecule has 0 aliphatic carbocycles. The van der Waals surface area contributed by atoms with Crippen LogP contribution >= 0.6 is 0 Å². The van der Waals surface area contributed by atoms with Crippen molar-refractivity contribution >= 4 is 0 Å². The lowest BCUT2D eigenvalue weighted by molar-refractivity contribution is 0.0378. The maximum absolute atomic E-state index is 6.38. The molecule has 4 aromatic carbocycles. The van der Waals surface area contributed by atoms with E-state index in [0.717, 1.165) is 44.3 Å². The molecule has 200 valence electrons. The van der Waals surface area contributed by atoms with Crippen LogP contribution < -0.4 is 9.47 Å². The van der Waals surface area contributed by atoms with Crippen LogP contribution in [0.25, 0.3) is 0 Å². The second kappa shape index (κ2) is 11.3. The normalized spacial score (nSPS) is 18.0. The minimum atomic E-state index is 0.293. The number of likely N-dealkylation sites (tertiary alicyclic amines) is 1. The lowest BCUT2D eigenvalue weighted by Gasteiger charge is -2.44. The zero-order valence-electron chi connectivity index (χ0n) is 23.2. The lowest BCUT2D eigenvalue weighted by atomic mass is 9.84. The van der Waals surface area contributed by atoms with Gasteiger partial charge in [-0.3, -0.25) is 4.90 Å². The van der Waals surface area contributed by atoms with Gasteiger partial charge in [0.2, 0.25) is 0 Å². The molecule has 0 saturated carbocycles. The van der Waals surface area contributed by atoms with E-state index in [1.54, 1.807) is 7.11 Å². The Morgan fingerprint density at radius 2 is 1.51 bits per heavy atom. The first-order valence-electron chi connectivity index (χ1n) is 14.0. The maximum Gasteiger partial charge on any atom is 0.121 e. The molecule has 2 aliphatic heterocycles. The van der Waals surface area contributed by atoms with Crippen LogP contribution in [0.15, 0.2) is 97.1 Å². The number of benzene rings is 4. The molecule has 0 radical (unpaired) electrons. The van der Waals surface area contributed by atoms with Crippen LogP contribution in [0.5, 0.6) is 11.5 Å². The molecule has 1 saturated heterocycles. The highest BCUT2D eigenvalue weighted by molar-refractivity contribution is 5.47. The van der Waals surface area contributed by atoms with Gasteiger partial charge in [-0.25, -0.2) is 0 Å². The van der Waals surface area contributed by atoms with E-state index >= 15 is 0 Å². The summed E-state index contributed by atoms with van der Waals surface area (Å²) in [5, 5.41) is 0. The molecule has 0 amide bonds. The van der Waals surface area contributed by atoms with E-state index in [-0.39, 0.29) is 0 Å². The van der Waals surface area contributed by atoms with E-state index in [1.165, 1.54) is 33.4 Å². The molecule has 1 fully saturated rings. The van der Waals surface area contributed by atoms with E-state index in [4.69, 9.17) is 9.47 Å². The molecule has 2 aliphatic rings. The molecule has 4 heteroatoms. The highest BCUT2D eigenvalue weighted by Gasteiger charge is 2.34. The fourth-order valence-electron chi connectivity index (χ4n) is 6.34. The molecule has 39 heavy (non-hydrogen) atoms. The molecule has 4 aromatic rings. The summed E-state index contributed by atoms with van der Waals surface area (Å²) >= 11 is 0. The SMILES string of the molecule is COc1ccc(C2CN(C)Cc3cc(OCC4CN(C(c5ccccc5)c5ccccc5)C4)ccc32)cc1C. The number of hydrogen-bond acceptors (Lipinski definition) is 4. The Labute approximate surface area is 232 Å². The van der Waals surface area contributed by atoms with Gasteiger partial charge >= 0.3 is 0 Å². The van der Waals surface area contributed by atoms with Crippen molar-refractivity contribution in [2.75, 3.05) is 40.4 Å². The van der Waals surface area contributed by atoms with Gasteiger partial charge in [0.1, 0.15) is 11.5 Å². The van der Waals surface area contributed by atoms with E-state index in [1.807, 2.05) is 0 Å². The number of rotatable bonds is 8. The molecule has 0 bridgehead atoms. The smallest absolute Gasteiger partial charge is 0.121 e. The van der Waals surface area contributed by atoms with Crippen LogP contribution in [0.3, 0.4) is 0 Å². The molecule has 1 atom stereocenters. The summed E-state index contributed by atoms with van der Waals surface area (Å²) in [7, 11) is 3.94. The number of hydrogen-bond donors (Lipinski definition) is 0. The van der Waals surface area contributed by atoms with Gasteiger partial charge in [-0.1, -0.05) is 78.9 Å². The molecule has 2 heterocycles. The summed E-state index contributed by atoms with van der Waals surface area (Å²) in [6.07, 6.45) is 0. The summed E-state index contributed by atoms with van der Waals surface area (Å²) in [6, 6.07) is 35.3. The molecule has 0 spiro atoms.